The van der Waals surface area contributed by atoms with Crippen LogP contribution in [0.5, 0.6) is 0 Å². The van der Waals surface area contributed by atoms with E-state index >= 15 is 8.78 Å². The van der Waals surface area contributed by atoms with E-state index in [1.54, 1.807) is 16.8 Å². The van der Waals surface area contributed by atoms with Crippen LogP contribution in [0.4, 0.5) is 29.7 Å². The zero-order valence-electron chi connectivity index (χ0n) is 23.2. The number of hydrogen-bond donors (Lipinski definition) is 2. The lowest BCUT2D eigenvalue weighted by atomic mass is 10.2. The van der Waals surface area contributed by atoms with Crippen molar-refractivity contribution in [2.45, 2.75) is 9.90 Å². The van der Waals surface area contributed by atoms with E-state index in [-0.39, 0.29) is 68.8 Å². The number of hydrogen-bond acceptors (Lipinski definition) is 9. The molecule has 0 aliphatic carbocycles. The third-order valence-electron chi connectivity index (χ3n) is 6.87. The predicted octanol–water partition coefficient (Wildman–Crippen LogP) is 2.51. The summed E-state index contributed by atoms with van der Waals surface area (Å²) in [4.78, 5) is 61.4. The van der Waals surface area contributed by atoms with Crippen LogP contribution in [0.1, 0.15) is 10.5 Å². The van der Waals surface area contributed by atoms with Crippen molar-refractivity contribution in [3.63, 3.8) is 0 Å². The van der Waals surface area contributed by atoms with Gasteiger partial charge in [-0.05, 0) is 0 Å². The normalized spacial score (nSPS) is 17.0. The van der Waals surface area contributed by atoms with Crippen molar-refractivity contribution in [1.29, 1.82) is 0 Å². The molecule has 2 N–H and O–H groups in total. The summed E-state index contributed by atoms with van der Waals surface area (Å²) >= 11 is 16.6. The number of nitrogens with zero attached hydrogens (tertiary/aromatic N) is 6. The number of alkyl carbamates (subject to hydrolysis) is 1. The Labute approximate surface area is 269 Å². The molecule has 0 saturated carbocycles. The van der Waals surface area contributed by atoms with Gasteiger partial charge in [0, 0.05) is 56.9 Å². The summed E-state index contributed by atoms with van der Waals surface area (Å²) in [6.07, 6.45) is 3.59. The molecule has 0 spiro atoms. The quantitative estimate of drug-likeness (QED) is 0.340. The van der Waals surface area contributed by atoms with Crippen molar-refractivity contribution in [2.24, 2.45) is 0 Å². The molecular weight excluding hydrogens is 665 g/mol. The van der Waals surface area contributed by atoms with E-state index in [0.717, 1.165) is 17.0 Å². The van der Waals surface area contributed by atoms with Crippen molar-refractivity contribution in [3.05, 3.63) is 54.2 Å². The molecule has 5 rings (SSSR count). The van der Waals surface area contributed by atoms with Crippen LogP contribution in [0.15, 0.2) is 36.9 Å². The Morgan fingerprint density at radius 2 is 1.80 bits per heavy atom. The number of piperazine rings is 1. The number of benzene rings is 1. The number of cyclic esters (lactones) is 1. The van der Waals surface area contributed by atoms with E-state index in [0.29, 0.717) is 5.65 Å². The number of halogens is 5. The van der Waals surface area contributed by atoms with Crippen molar-refractivity contribution in [3.8, 4) is 0 Å². The topological polar surface area (TPSA) is 151 Å². The molecule has 3 aromatic rings. The third-order valence-corrected chi connectivity index (χ3v) is 7.20. The third kappa shape index (κ3) is 7.93. The summed E-state index contributed by atoms with van der Waals surface area (Å²) in [5.74, 6) is -2.72. The Hall–Kier alpha value is -4.15. The fourth-order valence-corrected chi connectivity index (χ4v) is 4.90. The number of fused-ring (bicyclic) bond motifs is 1. The highest BCUT2D eigenvalue weighted by molar-refractivity contribution is 6.67. The Balaban J connectivity index is 1.11. The van der Waals surface area contributed by atoms with Crippen molar-refractivity contribution in [2.75, 3.05) is 62.2 Å². The maximum Gasteiger partial charge on any atom is 0.414 e. The molecule has 0 bridgehead atoms. The highest BCUT2D eigenvalue weighted by atomic mass is 35.6. The molecule has 2 aliphatic heterocycles. The van der Waals surface area contributed by atoms with Gasteiger partial charge in [-0.3, -0.25) is 19.5 Å². The predicted molar refractivity (Wildman–Crippen MR) is 158 cm³/mol. The number of ether oxygens (including phenoxy) is 2. The number of aromatic nitrogens is 3. The zero-order valence-corrected chi connectivity index (χ0v) is 25.5. The number of amides is 4. The minimum atomic E-state index is -1.80. The van der Waals surface area contributed by atoms with E-state index in [1.807, 2.05) is 0 Å². The zero-order chi connectivity index (χ0) is 32.3. The fourth-order valence-electron chi connectivity index (χ4n) is 4.73. The number of nitrogens with one attached hydrogen (secondary N) is 2. The standard InChI is InChI=1S/C26H25Cl3F2N8O6/c27-26(28,29)14-44-24(42)34-9-16-12-39(25(43)45-16)15-7-17(30)22(18(31)8-15)37-5-3-36(4-6-37)21(40)11-33-23(41)19-13-38-2-1-32-10-20(38)35-19/h1-2,7-8,10,13,16H,3-6,9,11-12,14H2,(H,33,41)(H,34,42). The van der Waals surface area contributed by atoms with E-state index in [2.05, 4.69) is 20.6 Å². The average Bonchev–Trinajstić information content (AvgIpc) is 3.60. The van der Waals surface area contributed by atoms with Gasteiger partial charge >= 0.3 is 12.2 Å². The molecule has 2 saturated heterocycles. The van der Waals surface area contributed by atoms with Crippen LogP contribution < -0.4 is 20.4 Å². The van der Waals surface area contributed by atoms with Crippen molar-refractivity contribution < 1.29 is 37.4 Å². The van der Waals surface area contributed by atoms with Gasteiger partial charge in [-0.1, -0.05) is 34.8 Å². The Morgan fingerprint density at radius 3 is 2.47 bits per heavy atom. The largest absolute Gasteiger partial charge is 0.445 e. The SMILES string of the molecule is O=C(NCC1CN(c2cc(F)c(N3CCN(C(=O)CNC(=O)c4cn5ccncc5n4)CC3)c(F)c2)C(=O)O1)OCC(Cl)(Cl)Cl. The number of anilines is 2. The van der Waals surface area contributed by atoms with Crippen LogP contribution in [0, 0.1) is 11.6 Å². The first-order chi connectivity index (χ1) is 21.4. The summed E-state index contributed by atoms with van der Waals surface area (Å²) in [5, 5.41) is 4.89. The van der Waals surface area contributed by atoms with Gasteiger partial charge in [0.25, 0.3) is 5.91 Å². The second kappa shape index (κ2) is 13.5. The van der Waals surface area contributed by atoms with Crippen LogP contribution in [0.3, 0.4) is 0 Å². The number of rotatable bonds is 8. The smallest absolute Gasteiger partial charge is 0.414 e. The van der Waals surface area contributed by atoms with Gasteiger partial charge in [0.2, 0.25) is 9.70 Å². The average molecular weight is 690 g/mol. The van der Waals surface area contributed by atoms with E-state index in [1.165, 1.54) is 22.2 Å². The lowest BCUT2D eigenvalue weighted by Gasteiger charge is -2.36. The maximum atomic E-state index is 15.2. The highest BCUT2D eigenvalue weighted by Crippen LogP contribution is 2.31. The summed E-state index contributed by atoms with van der Waals surface area (Å²) in [6, 6.07) is 2.01. The molecule has 19 heteroatoms. The van der Waals surface area contributed by atoms with E-state index in [9.17, 15) is 19.2 Å². The van der Waals surface area contributed by atoms with Gasteiger partial charge in [0.05, 0.1) is 31.5 Å². The molecule has 1 unspecified atom stereocenters. The lowest BCUT2D eigenvalue weighted by Crippen LogP contribution is -2.51. The van der Waals surface area contributed by atoms with Gasteiger partial charge in [0.15, 0.2) is 17.3 Å². The molecule has 45 heavy (non-hydrogen) atoms. The molecule has 0 radical (unpaired) electrons. The van der Waals surface area contributed by atoms with Crippen LogP contribution in [0.25, 0.3) is 5.65 Å². The monoisotopic (exact) mass is 688 g/mol. The first kappa shape index (κ1) is 32.2. The van der Waals surface area contributed by atoms with Crippen molar-refractivity contribution >= 4 is 75.8 Å². The Morgan fingerprint density at radius 1 is 1.09 bits per heavy atom. The summed E-state index contributed by atoms with van der Waals surface area (Å²) in [7, 11) is 0. The number of alkyl halides is 3. The molecule has 2 fully saturated rings. The van der Waals surface area contributed by atoms with Gasteiger partial charge in [-0.15, -0.1) is 0 Å². The molecule has 14 nitrogen and oxygen atoms in total. The van der Waals surface area contributed by atoms with E-state index in [4.69, 9.17) is 44.3 Å². The summed E-state index contributed by atoms with van der Waals surface area (Å²) in [5.41, 5.74) is 0.228. The number of carbonyl (C=O) groups is 4. The molecule has 240 valence electrons. The molecule has 2 aliphatic rings. The summed E-state index contributed by atoms with van der Waals surface area (Å²) in [6.45, 7) is -0.472. The molecule has 4 heterocycles. The molecule has 4 amide bonds. The van der Waals surface area contributed by atoms with Crippen molar-refractivity contribution in [1.82, 2.24) is 29.9 Å². The van der Waals surface area contributed by atoms with Crippen LogP contribution in [0.2, 0.25) is 0 Å². The van der Waals surface area contributed by atoms with Gasteiger partial charge in [-0.25, -0.2) is 23.4 Å². The summed E-state index contributed by atoms with van der Waals surface area (Å²) < 4.78 is 40.1. The number of carbonyl (C=O) groups excluding carboxylic acids is 4. The first-order valence-corrected chi connectivity index (χ1v) is 14.6. The highest BCUT2D eigenvalue weighted by Gasteiger charge is 2.35. The minimum Gasteiger partial charge on any atom is -0.445 e. The fraction of sp³-hybridized carbons (Fsp3) is 0.385. The number of imidazole rings is 1. The molecular formula is C26H25Cl3F2N8O6. The van der Waals surface area contributed by atoms with Gasteiger partial charge < -0.3 is 34.3 Å². The Bertz CT molecular complexity index is 1560. The van der Waals surface area contributed by atoms with Crippen LogP contribution in [-0.4, -0.2) is 106 Å². The Kier molecular flexibility index (Phi) is 9.65. The van der Waals surface area contributed by atoms with Gasteiger partial charge in [-0.2, -0.15) is 0 Å². The van der Waals surface area contributed by atoms with Crippen LogP contribution in [-0.2, 0) is 14.3 Å². The van der Waals surface area contributed by atoms with Crippen LogP contribution >= 0.6 is 34.8 Å². The van der Waals surface area contributed by atoms with E-state index < -0.39 is 46.2 Å². The second-order valence-corrected chi connectivity index (χ2v) is 12.5. The lowest BCUT2D eigenvalue weighted by molar-refractivity contribution is -0.130. The second-order valence-electron chi connectivity index (χ2n) is 9.97. The molecule has 1 aromatic carbocycles. The maximum absolute atomic E-state index is 15.2. The molecule has 2 aromatic heterocycles. The first-order valence-electron chi connectivity index (χ1n) is 13.4. The minimum absolute atomic E-state index is 0.0774. The molecule has 1 atom stereocenters. The van der Waals surface area contributed by atoms with Gasteiger partial charge in [0.1, 0.15) is 24.1 Å².